The van der Waals surface area contributed by atoms with Gasteiger partial charge in [-0.2, -0.15) is 0 Å². The van der Waals surface area contributed by atoms with Crippen LogP contribution in [0.5, 0.6) is 0 Å². The zero-order chi connectivity index (χ0) is 15.6. The highest BCUT2D eigenvalue weighted by Gasteiger charge is 2.14. The monoisotopic (exact) mass is 318 g/mol. The molecular weight excluding hydrogens is 304 g/mol. The maximum absolute atomic E-state index is 6.00. The zero-order valence-electron chi connectivity index (χ0n) is 12.5. The Bertz CT molecular complexity index is 940. The van der Waals surface area contributed by atoms with Crippen molar-refractivity contribution >= 4 is 17.2 Å². The Morgan fingerprint density at radius 3 is 2.35 bits per heavy atom. The number of hydrogen-bond acceptors (Lipinski definition) is 1. The molecule has 112 valence electrons. The van der Waals surface area contributed by atoms with Gasteiger partial charge < -0.3 is 4.40 Å². The first-order valence-corrected chi connectivity index (χ1v) is 7.95. The van der Waals surface area contributed by atoms with E-state index in [1.807, 2.05) is 48.5 Å². The van der Waals surface area contributed by atoms with E-state index in [1.165, 1.54) is 11.3 Å². The summed E-state index contributed by atoms with van der Waals surface area (Å²) in [5.41, 5.74) is 5.55. The van der Waals surface area contributed by atoms with E-state index in [1.54, 1.807) is 0 Å². The Morgan fingerprint density at radius 1 is 0.826 bits per heavy atom. The van der Waals surface area contributed by atoms with Crippen molar-refractivity contribution in [3.8, 4) is 11.3 Å². The van der Waals surface area contributed by atoms with E-state index in [4.69, 9.17) is 16.6 Å². The highest BCUT2D eigenvalue weighted by atomic mass is 35.5. The second kappa shape index (κ2) is 5.90. The molecule has 0 aliphatic carbocycles. The van der Waals surface area contributed by atoms with E-state index in [0.717, 1.165) is 28.3 Å². The summed E-state index contributed by atoms with van der Waals surface area (Å²) in [7, 11) is 0. The van der Waals surface area contributed by atoms with E-state index in [2.05, 4.69) is 34.9 Å². The minimum absolute atomic E-state index is 0.759. The third-order valence-corrected chi connectivity index (χ3v) is 4.21. The first-order chi connectivity index (χ1) is 11.3. The van der Waals surface area contributed by atoms with Crippen LogP contribution in [0, 0.1) is 0 Å². The van der Waals surface area contributed by atoms with Crippen LogP contribution >= 0.6 is 11.6 Å². The van der Waals surface area contributed by atoms with Gasteiger partial charge in [-0.15, -0.1) is 0 Å². The molecule has 0 fully saturated rings. The van der Waals surface area contributed by atoms with Gasteiger partial charge in [0, 0.05) is 23.2 Å². The fourth-order valence-corrected chi connectivity index (χ4v) is 2.96. The minimum atomic E-state index is 0.759. The zero-order valence-corrected chi connectivity index (χ0v) is 13.2. The second-order valence-corrected chi connectivity index (χ2v) is 5.94. The van der Waals surface area contributed by atoms with E-state index in [0.29, 0.717) is 0 Å². The van der Waals surface area contributed by atoms with Gasteiger partial charge in [-0.25, -0.2) is 4.98 Å². The predicted octanol–water partition coefficient (Wildman–Crippen LogP) is 5.25. The lowest BCUT2D eigenvalue weighted by Gasteiger charge is -2.06. The number of halogens is 1. The maximum atomic E-state index is 6.00. The summed E-state index contributed by atoms with van der Waals surface area (Å²) in [6.07, 6.45) is 2.88. The van der Waals surface area contributed by atoms with Crippen molar-refractivity contribution < 1.29 is 0 Å². The Morgan fingerprint density at radius 2 is 1.57 bits per heavy atom. The summed E-state index contributed by atoms with van der Waals surface area (Å²) in [6, 6.07) is 24.4. The average molecular weight is 319 g/mol. The standard InChI is InChI=1S/C20H15ClN2/c21-17-11-9-15(10-12-17)14-18-20(16-6-2-1-3-7-16)22-19-8-4-5-13-23(18)19/h1-13H,14H2. The van der Waals surface area contributed by atoms with Crippen molar-refractivity contribution in [2.45, 2.75) is 6.42 Å². The molecule has 0 saturated heterocycles. The van der Waals surface area contributed by atoms with Crippen LogP contribution in [0.3, 0.4) is 0 Å². The second-order valence-electron chi connectivity index (χ2n) is 5.51. The van der Waals surface area contributed by atoms with E-state index in [-0.39, 0.29) is 0 Å². The van der Waals surface area contributed by atoms with Crippen LogP contribution in [0.25, 0.3) is 16.9 Å². The molecule has 0 saturated carbocycles. The highest BCUT2D eigenvalue weighted by Crippen LogP contribution is 2.26. The lowest BCUT2D eigenvalue weighted by molar-refractivity contribution is 1.03. The number of pyridine rings is 1. The number of hydrogen-bond donors (Lipinski definition) is 0. The Labute approximate surface area is 140 Å². The number of imidazole rings is 1. The summed E-state index contributed by atoms with van der Waals surface area (Å²) >= 11 is 6.00. The van der Waals surface area contributed by atoms with Gasteiger partial charge in [-0.05, 0) is 29.8 Å². The van der Waals surface area contributed by atoms with Crippen molar-refractivity contribution in [2.24, 2.45) is 0 Å². The van der Waals surface area contributed by atoms with Crippen molar-refractivity contribution in [1.82, 2.24) is 9.38 Å². The van der Waals surface area contributed by atoms with Gasteiger partial charge in [0.05, 0.1) is 11.4 Å². The number of rotatable bonds is 3. The molecule has 0 unspecified atom stereocenters. The van der Waals surface area contributed by atoms with E-state index in [9.17, 15) is 0 Å². The fraction of sp³-hybridized carbons (Fsp3) is 0.0500. The molecule has 0 N–H and O–H groups in total. The first-order valence-electron chi connectivity index (χ1n) is 7.57. The van der Waals surface area contributed by atoms with Gasteiger partial charge in [0.25, 0.3) is 0 Å². The van der Waals surface area contributed by atoms with Crippen molar-refractivity contribution in [2.75, 3.05) is 0 Å². The predicted molar refractivity (Wildman–Crippen MR) is 94.9 cm³/mol. The largest absolute Gasteiger partial charge is 0.303 e. The SMILES string of the molecule is Clc1ccc(Cc2c(-c3ccccc3)nc3ccccn23)cc1. The summed E-state index contributed by atoms with van der Waals surface area (Å²) < 4.78 is 2.16. The minimum Gasteiger partial charge on any atom is -0.303 e. The molecular formula is C20H15ClN2. The molecule has 0 spiro atoms. The van der Waals surface area contributed by atoms with Crippen molar-refractivity contribution in [3.63, 3.8) is 0 Å². The van der Waals surface area contributed by atoms with Gasteiger partial charge in [-0.3, -0.25) is 0 Å². The van der Waals surface area contributed by atoms with Crippen LogP contribution in [-0.2, 0) is 6.42 Å². The van der Waals surface area contributed by atoms with Crippen molar-refractivity contribution in [3.05, 3.63) is 95.3 Å². The summed E-state index contributed by atoms with van der Waals surface area (Å²) in [4.78, 5) is 4.83. The number of nitrogens with zero attached hydrogens (tertiary/aromatic N) is 2. The Balaban J connectivity index is 1.87. The summed E-state index contributed by atoms with van der Waals surface area (Å²) in [6.45, 7) is 0. The first kappa shape index (κ1) is 14.0. The molecule has 23 heavy (non-hydrogen) atoms. The van der Waals surface area contributed by atoms with Gasteiger partial charge in [0.15, 0.2) is 0 Å². The smallest absolute Gasteiger partial charge is 0.137 e. The molecule has 2 aromatic carbocycles. The normalized spacial score (nSPS) is 11.0. The molecule has 3 heteroatoms. The molecule has 0 atom stereocenters. The summed E-state index contributed by atoms with van der Waals surface area (Å²) in [5, 5.41) is 0.759. The quantitative estimate of drug-likeness (QED) is 0.504. The molecule has 2 heterocycles. The van der Waals surface area contributed by atoms with Gasteiger partial charge in [0.1, 0.15) is 5.65 Å². The van der Waals surface area contributed by atoms with E-state index < -0.39 is 0 Å². The van der Waals surface area contributed by atoms with Gasteiger partial charge in [-0.1, -0.05) is 60.1 Å². The average Bonchev–Trinajstić information content (AvgIpc) is 2.96. The molecule has 4 rings (SSSR count). The van der Waals surface area contributed by atoms with Gasteiger partial charge in [0.2, 0.25) is 0 Å². The highest BCUT2D eigenvalue weighted by molar-refractivity contribution is 6.30. The van der Waals surface area contributed by atoms with Crippen LogP contribution in [0.4, 0.5) is 0 Å². The summed E-state index contributed by atoms with van der Waals surface area (Å²) in [5.74, 6) is 0. The third kappa shape index (κ3) is 2.73. The molecule has 0 bridgehead atoms. The molecule has 0 amide bonds. The molecule has 4 aromatic rings. The van der Waals surface area contributed by atoms with Crippen LogP contribution in [0.15, 0.2) is 79.0 Å². The van der Waals surface area contributed by atoms with Crippen molar-refractivity contribution in [1.29, 1.82) is 0 Å². The van der Waals surface area contributed by atoms with Gasteiger partial charge >= 0.3 is 0 Å². The molecule has 2 aromatic heterocycles. The van der Waals surface area contributed by atoms with E-state index >= 15 is 0 Å². The van der Waals surface area contributed by atoms with Crippen LogP contribution in [-0.4, -0.2) is 9.38 Å². The molecule has 2 nitrogen and oxygen atoms in total. The lowest BCUT2D eigenvalue weighted by atomic mass is 10.0. The van der Waals surface area contributed by atoms with Crippen LogP contribution < -0.4 is 0 Å². The molecule has 0 radical (unpaired) electrons. The Kier molecular flexibility index (Phi) is 3.60. The topological polar surface area (TPSA) is 17.3 Å². The number of aromatic nitrogens is 2. The third-order valence-electron chi connectivity index (χ3n) is 3.96. The molecule has 0 aliphatic rings. The maximum Gasteiger partial charge on any atom is 0.137 e. The number of benzene rings is 2. The van der Waals surface area contributed by atoms with Crippen LogP contribution in [0.2, 0.25) is 5.02 Å². The molecule has 0 aliphatic heterocycles. The fourth-order valence-electron chi connectivity index (χ4n) is 2.84. The number of fused-ring (bicyclic) bond motifs is 1. The lowest BCUT2D eigenvalue weighted by Crippen LogP contribution is -1.96. The Hall–Kier alpha value is -2.58. The van der Waals surface area contributed by atoms with Crippen LogP contribution in [0.1, 0.15) is 11.3 Å².